The van der Waals surface area contributed by atoms with Crippen LogP contribution in [0.1, 0.15) is 43.4 Å². The molecule has 1 N–H and O–H groups in total. The molecule has 0 saturated heterocycles. The number of furan rings is 1. The van der Waals surface area contributed by atoms with Gasteiger partial charge in [-0.2, -0.15) is 0 Å². The van der Waals surface area contributed by atoms with Gasteiger partial charge in [0.25, 0.3) is 0 Å². The SMILES string of the molecule is C/C=c1\c(=C/CC)oc2c1c(C=N)cc1c3c(c4ccccc4c12)CCC=C3. The Kier molecular flexibility index (Phi) is 3.94. The molecule has 0 amide bonds. The molecule has 2 heteroatoms. The Morgan fingerprint density at radius 2 is 1.93 bits per heavy atom. The van der Waals surface area contributed by atoms with Crippen molar-refractivity contribution in [3.8, 4) is 0 Å². The Hall–Kier alpha value is -3.13. The zero-order valence-electron chi connectivity index (χ0n) is 16.3. The second kappa shape index (κ2) is 6.49. The number of aryl methyl sites for hydroxylation is 1. The monoisotopic (exact) mass is 365 g/mol. The lowest BCUT2D eigenvalue weighted by molar-refractivity contribution is 0.577. The maximum absolute atomic E-state index is 8.08. The molecular formula is C26H23NO. The maximum Gasteiger partial charge on any atom is 0.144 e. The van der Waals surface area contributed by atoms with E-state index in [1.807, 2.05) is 6.92 Å². The molecule has 0 fully saturated rings. The van der Waals surface area contributed by atoms with Crippen LogP contribution in [-0.4, -0.2) is 6.21 Å². The van der Waals surface area contributed by atoms with Crippen LogP contribution >= 0.6 is 0 Å². The number of hydrogen-bond donors (Lipinski definition) is 1. The number of nitrogens with one attached hydrogen (secondary N) is 1. The van der Waals surface area contributed by atoms with Crippen LogP contribution in [0.2, 0.25) is 0 Å². The van der Waals surface area contributed by atoms with Gasteiger partial charge in [-0.05, 0) is 65.6 Å². The second-order valence-electron chi connectivity index (χ2n) is 7.40. The molecule has 1 aliphatic carbocycles. The van der Waals surface area contributed by atoms with Crippen molar-refractivity contribution < 1.29 is 4.42 Å². The molecule has 0 atom stereocenters. The summed E-state index contributed by atoms with van der Waals surface area (Å²) in [5, 5.41) is 15.1. The first-order chi connectivity index (χ1) is 13.8. The summed E-state index contributed by atoms with van der Waals surface area (Å²) < 4.78 is 6.47. The molecule has 0 spiro atoms. The highest BCUT2D eigenvalue weighted by Crippen LogP contribution is 2.40. The maximum atomic E-state index is 8.08. The van der Waals surface area contributed by atoms with Crippen LogP contribution in [0.5, 0.6) is 0 Å². The Labute approximate surface area is 164 Å². The summed E-state index contributed by atoms with van der Waals surface area (Å²) in [5.74, 6) is 0. The summed E-state index contributed by atoms with van der Waals surface area (Å²) in [6.07, 6.45) is 13.3. The standard InChI is InChI=1S/C26H23NO/c1-3-9-23-17(4-2)24-16(15-27)14-22-20-12-6-5-10-18(20)19-11-7-8-13-21(19)25(22)26(24)28-23/h4,6-9,11-15,27H,3,5,10H2,1-2H3/b17-4+,23-9+,27-15?. The minimum Gasteiger partial charge on any atom is -0.456 e. The lowest BCUT2D eigenvalue weighted by Gasteiger charge is -2.18. The molecular weight excluding hydrogens is 342 g/mol. The molecule has 0 saturated carbocycles. The number of rotatable bonds is 2. The van der Waals surface area contributed by atoms with Gasteiger partial charge < -0.3 is 9.83 Å². The van der Waals surface area contributed by atoms with Gasteiger partial charge in [-0.15, -0.1) is 0 Å². The molecule has 5 rings (SSSR count). The van der Waals surface area contributed by atoms with E-state index in [2.05, 4.69) is 61.6 Å². The van der Waals surface area contributed by atoms with E-state index in [1.54, 1.807) is 0 Å². The molecule has 0 aliphatic heterocycles. The predicted molar refractivity (Wildman–Crippen MR) is 121 cm³/mol. The van der Waals surface area contributed by atoms with Crippen molar-refractivity contribution in [1.82, 2.24) is 0 Å². The molecule has 1 heterocycles. The number of hydrogen-bond acceptors (Lipinski definition) is 2. The molecule has 28 heavy (non-hydrogen) atoms. The van der Waals surface area contributed by atoms with Gasteiger partial charge >= 0.3 is 0 Å². The van der Waals surface area contributed by atoms with E-state index >= 15 is 0 Å². The lowest BCUT2D eigenvalue weighted by atomic mass is 9.85. The minimum atomic E-state index is 0.904. The second-order valence-corrected chi connectivity index (χ2v) is 7.40. The highest BCUT2D eigenvalue weighted by Gasteiger charge is 2.20. The van der Waals surface area contributed by atoms with Crippen LogP contribution < -0.4 is 10.6 Å². The van der Waals surface area contributed by atoms with Crippen LogP contribution in [0.25, 0.3) is 50.7 Å². The van der Waals surface area contributed by atoms with Crippen molar-refractivity contribution >= 4 is 57.0 Å². The fourth-order valence-corrected chi connectivity index (χ4v) is 4.72. The number of fused-ring (bicyclic) bond motifs is 8. The molecule has 1 aliphatic rings. The normalized spacial score (nSPS) is 15.1. The van der Waals surface area contributed by atoms with Crippen molar-refractivity contribution in [2.24, 2.45) is 0 Å². The zero-order valence-corrected chi connectivity index (χ0v) is 16.3. The van der Waals surface area contributed by atoms with Crippen LogP contribution in [0, 0.1) is 5.41 Å². The molecule has 3 aromatic carbocycles. The highest BCUT2D eigenvalue weighted by molar-refractivity contribution is 6.24. The van der Waals surface area contributed by atoms with Gasteiger partial charge in [-0.1, -0.05) is 49.4 Å². The third kappa shape index (κ3) is 2.24. The molecule has 0 unspecified atom stereocenters. The van der Waals surface area contributed by atoms with Crippen LogP contribution in [0.4, 0.5) is 0 Å². The van der Waals surface area contributed by atoms with Crippen LogP contribution in [0.3, 0.4) is 0 Å². The Balaban J connectivity index is 2.17. The first kappa shape index (κ1) is 17.0. The topological polar surface area (TPSA) is 37.0 Å². The quantitative estimate of drug-likeness (QED) is 0.360. The smallest absolute Gasteiger partial charge is 0.144 e. The average Bonchev–Trinajstić information content (AvgIpc) is 3.11. The van der Waals surface area contributed by atoms with Crippen molar-refractivity contribution in [2.75, 3.05) is 0 Å². The third-order valence-corrected chi connectivity index (χ3v) is 5.87. The largest absolute Gasteiger partial charge is 0.456 e. The van der Waals surface area contributed by atoms with E-state index < -0.39 is 0 Å². The summed E-state index contributed by atoms with van der Waals surface area (Å²) in [7, 11) is 0. The first-order valence-electron chi connectivity index (χ1n) is 10.0. The van der Waals surface area contributed by atoms with Gasteiger partial charge in [0.1, 0.15) is 11.0 Å². The molecule has 138 valence electrons. The van der Waals surface area contributed by atoms with E-state index in [4.69, 9.17) is 9.83 Å². The predicted octanol–water partition coefficient (Wildman–Crippen LogP) is 5.69. The number of benzene rings is 3. The van der Waals surface area contributed by atoms with Crippen molar-refractivity contribution in [3.63, 3.8) is 0 Å². The summed E-state index contributed by atoms with van der Waals surface area (Å²) in [6, 6.07) is 10.9. The molecule has 2 nitrogen and oxygen atoms in total. The Morgan fingerprint density at radius 1 is 1.11 bits per heavy atom. The van der Waals surface area contributed by atoms with E-state index in [-0.39, 0.29) is 0 Å². The number of allylic oxidation sites excluding steroid dienone is 1. The third-order valence-electron chi connectivity index (χ3n) is 5.87. The molecule has 1 aromatic heterocycles. The summed E-state index contributed by atoms with van der Waals surface area (Å²) in [4.78, 5) is 0. The summed E-state index contributed by atoms with van der Waals surface area (Å²) in [6.45, 7) is 4.17. The average molecular weight is 365 g/mol. The Morgan fingerprint density at radius 3 is 2.68 bits per heavy atom. The summed E-state index contributed by atoms with van der Waals surface area (Å²) in [5.41, 5.74) is 5.43. The molecule has 4 aromatic rings. The van der Waals surface area contributed by atoms with Crippen LogP contribution in [-0.2, 0) is 6.42 Å². The van der Waals surface area contributed by atoms with Crippen molar-refractivity contribution in [3.05, 3.63) is 63.7 Å². The molecule has 0 radical (unpaired) electrons. The van der Waals surface area contributed by atoms with E-state index in [0.29, 0.717) is 0 Å². The fourth-order valence-electron chi connectivity index (χ4n) is 4.72. The van der Waals surface area contributed by atoms with Gasteiger partial charge in [0.2, 0.25) is 0 Å². The zero-order chi connectivity index (χ0) is 19.3. The summed E-state index contributed by atoms with van der Waals surface area (Å²) >= 11 is 0. The van der Waals surface area contributed by atoms with E-state index in [1.165, 1.54) is 38.9 Å². The van der Waals surface area contributed by atoms with Gasteiger partial charge in [-0.25, -0.2) is 0 Å². The first-order valence-corrected chi connectivity index (χ1v) is 10.0. The Bertz CT molecular complexity index is 1420. The van der Waals surface area contributed by atoms with Gasteiger partial charge in [-0.3, -0.25) is 0 Å². The van der Waals surface area contributed by atoms with E-state index in [0.717, 1.165) is 46.4 Å². The molecule has 0 bridgehead atoms. The fraction of sp³-hybridized carbons (Fsp3) is 0.192. The lowest BCUT2D eigenvalue weighted by Crippen LogP contribution is -2.20. The highest BCUT2D eigenvalue weighted by atomic mass is 16.3. The minimum absolute atomic E-state index is 0.904. The van der Waals surface area contributed by atoms with Crippen LogP contribution in [0.15, 0.2) is 40.8 Å². The van der Waals surface area contributed by atoms with Gasteiger partial charge in [0, 0.05) is 27.8 Å². The van der Waals surface area contributed by atoms with Crippen molar-refractivity contribution in [2.45, 2.75) is 33.1 Å². The van der Waals surface area contributed by atoms with Gasteiger partial charge in [0.15, 0.2) is 0 Å². The van der Waals surface area contributed by atoms with Gasteiger partial charge in [0.05, 0.1) is 0 Å². The van der Waals surface area contributed by atoms with E-state index in [9.17, 15) is 0 Å². The van der Waals surface area contributed by atoms with Crippen molar-refractivity contribution in [1.29, 1.82) is 5.41 Å².